The third-order valence-corrected chi connectivity index (χ3v) is 7.29. The number of halogens is 3. The van der Waals surface area contributed by atoms with Crippen LogP contribution in [0.1, 0.15) is 47.6 Å². The molecule has 0 saturated carbocycles. The topological polar surface area (TPSA) is 38.8 Å². The van der Waals surface area contributed by atoms with Gasteiger partial charge in [0.25, 0.3) is 0 Å². The molecule has 1 aliphatic heterocycles. The molecule has 3 nitrogen and oxygen atoms in total. The van der Waals surface area contributed by atoms with Gasteiger partial charge in [-0.05, 0) is 67.5 Å². The first-order chi connectivity index (χ1) is 16.4. The fourth-order valence-electron chi connectivity index (χ4n) is 4.06. The number of rotatable bonds is 10. The van der Waals surface area contributed by atoms with Gasteiger partial charge in [0, 0.05) is 9.85 Å². The summed E-state index contributed by atoms with van der Waals surface area (Å²) in [7, 11) is 0. The van der Waals surface area contributed by atoms with Gasteiger partial charge in [0.05, 0.1) is 5.02 Å². The van der Waals surface area contributed by atoms with Crippen LogP contribution < -0.4 is 4.74 Å². The highest BCUT2D eigenvalue weighted by atomic mass is 79.9. The van der Waals surface area contributed by atoms with E-state index in [1.165, 1.54) is 16.7 Å². The van der Waals surface area contributed by atoms with E-state index in [1.54, 1.807) is 18.2 Å². The lowest BCUT2D eigenvalue weighted by atomic mass is 9.97. The Morgan fingerprint density at radius 1 is 1.06 bits per heavy atom. The first kappa shape index (κ1) is 25.2. The minimum Gasteiger partial charge on any atom is -0.423 e. The Labute approximate surface area is 219 Å². The van der Waals surface area contributed by atoms with Crippen molar-refractivity contribution >= 4 is 45.1 Å². The van der Waals surface area contributed by atoms with Crippen molar-refractivity contribution in [3.63, 3.8) is 0 Å². The van der Waals surface area contributed by atoms with Crippen LogP contribution in [0.2, 0.25) is 10.0 Å². The number of epoxide rings is 1. The maximum Gasteiger partial charge on any atom is 0.343 e. The van der Waals surface area contributed by atoms with Gasteiger partial charge in [-0.2, -0.15) is 0 Å². The second kappa shape index (κ2) is 11.7. The van der Waals surface area contributed by atoms with Crippen LogP contribution in [-0.2, 0) is 22.4 Å². The summed E-state index contributed by atoms with van der Waals surface area (Å²) in [6, 6.07) is 21.7. The molecule has 6 heteroatoms. The number of ether oxygens (including phenoxy) is 2. The molecule has 3 atom stereocenters. The van der Waals surface area contributed by atoms with Crippen LogP contribution in [0.15, 0.2) is 66.7 Å². The molecule has 0 amide bonds. The van der Waals surface area contributed by atoms with Crippen LogP contribution in [0.5, 0.6) is 5.75 Å². The van der Waals surface area contributed by atoms with Crippen molar-refractivity contribution in [2.75, 3.05) is 0 Å². The second-order valence-electron chi connectivity index (χ2n) is 8.70. The molecular weight excluding hydrogens is 535 g/mol. The van der Waals surface area contributed by atoms with E-state index in [2.05, 4.69) is 53.2 Å². The largest absolute Gasteiger partial charge is 0.423 e. The normalized spacial score (nSPS) is 17.9. The first-order valence-electron chi connectivity index (χ1n) is 11.5. The standard InChI is InChI=1S/C28H27BrCl2O3/c1-18-10-12-19(13-11-18)16-21(29)8-4-2-6-20-7-3-5-9-23(20)26-27(34-26)28(32)33-25-15-14-22(30)17-24(25)31/h3,5,7,9-15,17,21,26-27H,2,4,6,8,16H2,1H3/t21?,26-,27+/m0/s1. The zero-order valence-corrected chi connectivity index (χ0v) is 22.1. The van der Waals surface area contributed by atoms with Gasteiger partial charge < -0.3 is 9.47 Å². The predicted molar refractivity (Wildman–Crippen MR) is 141 cm³/mol. The minimum atomic E-state index is -0.616. The summed E-state index contributed by atoms with van der Waals surface area (Å²) in [4.78, 5) is 13.0. The van der Waals surface area contributed by atoms with Crippen LogP contribution in [0.4, 0.5) is 0 Å². The van der Waals surface area contributed by atoms with E-state index in [-0.39, 0.29) is 11.9 Å². The Kier molecular flexibility index (Phi) is 8.70. The summed E-state index contributed by atoms with van der Waals surface area (Å²) in [6.45, 7) is 2.11. The lowest BCUT2D eigenvalue weighted by Gasteiger charge is -2.11. The molecule has 3 aromatic rings. The van der Waals surface area contributed by atoms with Crippen molar-refractivity contribution in [3.8, 4) is 5.75 Å². The number of hydrogen-bond acceptors (Lipinski definition) is 3. The predicted octanol–water partition coefficient (Wildman–Crippen LogP) is 8.07. The number of aryl methyl sites for hydroxylation is 2. The minimum absolute atomic E-state index is 0.278. The molecule has 0 radical (unpaired) electrons. The third kappa shape index (κ3) is 6.85. The maximum absolute atomic E-state index is 12.6. The Morgan fingerprint density at radius 2 is 1.82 bits per heavy atom. The molecule has 1 heterocycles. The van der Waals surface area contributed by atoms with E-state index in [0.29, 0.717) is 14.9 Å². The highest BCUT2D eigenvalue weighted by molar-refractivity contribution is 9.09. The molecule has 0 bridgehead atoms. The average Bonchev–Trinajstić information content (AvgIpc) is 3.61. The van der Waals surface area contributed by atoms with Gasteiger partial charge in [0.15, 0.2) is 6.10 Å². The van der Waals surface area contributed by atoms with Crippen LogP contribution in [0.25, 0.3) is 0 Å². The van der Waals surface area contributed by atoms with Crippen molar-refractivity contribution < 1.29 is 14.3 Å². The van der Waals surface area contributed by atoms with Crippen LogP contribution in [0, 0.1) is 6.92 Å². The highest BCUT2D eigenvalue weighted by Crippen LogP contribution is 2.42. The van der Waals surface area contributed by atoms with Crippen molar-refractivity contribution in [2.24, 2.45) is 0 Å². The first-order valence-corrected chi connectivity index (χ1v) is 13.2. The van der Waals surface area contributed by atoms with E-state index < -0.39 is 12.1 Å². The number of benzene rings is 3. The summed E-state index contributed by atoms with van der Waals surface area (Å²) in [5.41, 5.74) is 4.93. The van der Waals surface area contributed by atoms with E-state index in [9.17, 15) is 4.79 Å². The summed E-state index contributed by atoms with van der Waals surface area (Å²) < 4.78 is 11.1. The Bertz CT molecular complexity index is 1130. The summed E-state index contributed by atoms with van der Waals surface area (Å²) in [5, 5.41) is 0.784. The molecule has 1 saturated heterocycles. The molecule has 1 fully saturated rings. The van der Waals surface area contributed by atoms with E-state index in [4.69, 9.17) is 32.7 Å². The molecule has 34 heavy (non-hydrogen) atoms. The number of unbranched alkanes of at least 4 members (excludes halogenated alkanes) is 1. The van der Waals surface area contributed by atoms with E-state index in [0.717, 1.165) is 37.7 Å². The quantitative estimate of drug-likeness (QED) is 0.0825. The number of alkyl halides is 1. The van der Waals surface area contributed by atoms with Gasteiger partial charge in [-0.15, -0.1) is 0 Å². The molecule has 0 aliphatic carbocycles. The zero-order valence-electron chi connectivity index (χ0n) is 19.0. The fourth-order valence-corrected chi connectivity index (χ4v) is 5.20. The molecule has 3 aromatic carbocycles. The van der Waals surface area contributed by atoms with Crippen LogP contribution >= 0.6 is 39.1 Å². The molecule has 0 spiro atoms. The lowest BCUT2D eigenvalue weighted by molar-refractivity contribution is -0.135. The Morgan fingerprint density at radius 3 is 2.59 bits per heavy atom. The van der Waals surface area contributed by atoms with Crippen molar-refractivity contribution in [1.82, 2.24) is 0 Å². The number of carbonyl (C=O) groups excluding carboxylic acids is 1. The third-order valence-electron chi connectivity index (χ3n) is 5.98. The van der Waals surface area contributed by atoms with Gasteiger partial charge in [-0.1, -0.05) is 99.6 Å². The summed E-state index contributed by atoms with van der Waals surface area (Å²) in [5.74, 6) is -0.157. The number of carbonyl (C=O) groups is 1. The fraction of sp³-hybridized carbons (Fsp3) is 0.321. The van der Waals surface area contributed by atoms with Crippen LogP contribution in [-0.4, -0.2) is 16.9 Å². The van der Waals surface area contributed by atoms with E-state index in [1.807, 2.05) is 18.2 Å². The van der Waals surface area contributed by atoms with Crippen molar-refractivity contribution in [1.29, 1.82) is 0 Å². The number of esters is 1. The second-order valence-corrected chi connectivity index (χ2v) is 10.8. The molecule has 0 aromatic heterocycles. The molecule has 1 aliphatic rings. The summed E-state index contributed by atoms with van der Waals surface area (Å²) in [6.07, 6.45) is 4.42. The zero-order chi connectivity index (χ0) is 24.1. The number of hydrogen-bond donors (Lipinski definition) is 0. The van der Waals surface area contributed by atoms with E-state index >= 15 is 0 Å². The Balaban J connectivity index is 1.26. The average molecular weight is 562 g/mol. The molecule has 178 valence electrons. The smallest absolute Gasteiger partial charge is 0.343 e. The van der Waals surface area contributed by atoms with Crippen molar-refractivity contribution in [2.45, 2.75) is 56.1 Å². The lowest BCUT2D eigenvalue weighted by Crippen LogP contribution is -2.16. The maximum atomic E-state index is 12.6. The van der Waals surface area contributed by atoms with Gasteiger partial charge in [-0.25, -0.2) is 4.79 Å². The molecular formula is C28H27BrCl2O3. The monoisotopic (exact) mass is 560 g/mol. The molecule has 0 N–H and O–H groups in total. The highest BCUT2D eigenvalue weighted by Gasteiger charge is 2.48. The molecule has 4 rings (SSSR count). The Hall–Kier alpha value is -1.85. The SMILES string of the molecule is Cc1ccc(CC(Br)CCCCc2ccccc2[C@@H]2O[C@H]2C(=O)Oc2ccc(Cl)cc2Cl)cc1. The van der Waals surface area contributed by atoms with Crippen LogP contribution in [0.3, 0.4) is 0 Å². The van der Waals surface area contributed by atoms with Gasteiger partial charge in [-0.3, -0.25) is 0 Å². The molecule has 1 unspecified atom stereocenters. The van der Waals surface area contributed by atoms with Gasteiger partial charge in [0.2, 0.25) is 0 Å². The van der Waals surface area contributed by atoms with Gasteiger partial charge in [0.1, 0.15) is 11.9 Å². The summed E-state index contributed by atoms with van der Waals surface area (Å²) >= 11 is 15.9. The van der Waals surface area contributed by atoms with Gasteiger partial charge >= 0.3 is 5.97 Å². The van der Waals surface area contributed by atoms with Crippen molar-refractivity contribution in [3.05, 3.63) is 99.0 Å².